The van der Waals surface area contributed by atoms with Gasteiger partial charge in [0, 0.05) is 37.0 Å². The number of aromatic nitrogens is 2. The Labute approximate surface area is 137 Å². The second kappa shape index (κ2) is 6.36. The van der Waals surface area contributed by atoms with Crippen molar-refractivity contribution in [1.82, 2.24) is 14.9 Å². The minimum Gasteiger partial charge on any atom is -0.487 e. The highest BCUT2D eigenvalue weighted by Gasteiger charge is 2.45. The van der Waals surface area contributed by atoms with Crippen LogP contribution >= 0.6 is 0 Å². The Kier molecular flexibility index (Phi) is 4.08. The summed E-state index contributed by atoms with van der Waals surface area (Å²) in [5.41, 5.74) is 1.45. The van der Waals surface area contributed by atoms with E-state index in [-0.39, 0.29) is 5.60 Å². The molecule has 1 spiro atoms. The van der Waals surface area contributed by atoms with E-state index in [0.29, 0.717) is 6.04 Å². The first-order valence-electron chi connectivity index (χ1n) is 8.82. The minimum absolute atomic E-state index is 0.114. The normalized spacial score (nSPS) is 21.5. The number of hydrogen-bond acceptors (Lipinski definition) is 3. The van der Waals surface area contributed by atoms with E-state index in [2.05, 4.69) is 39.1 Å². The molecule has 0 unspecified atom stereocenters. The predicted octanol–water partition coefficient (Wildman–Crippen LogP) is 3.70. The number of nitrogens with one attached hydrogen (secondary N) is 1. The first-order valence-corrected chi connectivity index (χ1v) is 8.82. The number of nitrogens with zero attached hydrogens (tertiary/aromatic N) is 2. The van der Waals surface area contributed by atoms with Crippen molar-refractivity contribution in [2.24, 2.45) is 0 Å². The molecule has 1 aliphatic carbocycles. The quantitative estimate of drug-likeness (QED) is 0.827. The van der Waals surface area contributed by atoms with Crippen LogP contribution in [0, 0.1) is 0 Å². The van der Waals surface area contributed by atoms with Gasteiger partial charge in [-0.2, -0.15) is 0 Å². The third-order valence-corrected chi connectivity index (χ3v) is 5.25. The van der Waals surface area contributed by atoms with Gasteiger partial charge in [0.1, 0.15) is 11.4 Å². The third kappa shape index (κ3) is 3.13. The lowest BCUT2D eigenvalue weighted by Crippen LogP contribution is -2.49. The fourth-order valence-corrected chi connectivity index (χ4v) is 3.79. The highest BCUT2D eigenvalue weighted by molar-refractivity contribution is 5.39. The topological polar surface area (TPSA) is 39.1 Å². The lowest BCUT2D eigenvalue weighted by Gasteiger charge is -2.48. The van der Waals surface area contributed by atoms with Crippen molar-refractivity contribution in [3.05, 3.63) is 48.5 Å². The van der Waals surface area contributed by atoms with Crippen molar-refractivity contribution in [1.29, 1.82) is 0 Å². The average Bonchev–Trinajstić information content (AvgIpc) is 3.06. The van der Waals surface area contributed by atoms with Crippen LogP contribution in [0.1, 0.15) is 50.1 Å². The molecule has 4 heteroatoms. The van der Waals surface area contributed by atoms with Crippen LogP contribution in [0.2, 0.25) is 0 Å². The van der Waals surface area contributed by atoms with Crippen LogP contribution in [0.4, 0.5) is 0 Å². The monoisotopic (exact) mass is 311 g/mol. The number of ether oxygens (including phenoxy) is 1. The van der Waals surface area contributed by atoms with Gasteiger partial charge in [-0.3, -0.25) is 0 Å². The summed E-state index contributed by atoms with van der Waals surface area (Å²) in [5, 5.41) is 3.78. The molecule has 1 aromatic heterocycles. The SMILES string of the molecule is c1ccc2c(c1)OC1(CCC1)C[C@@H]2NCCCCn1ccnc1. The number of fused-ring (bicyclic) bond motifs is 1. The number of benzene rings is 1. The maximum absolute atomic E-state index is 6.31. The van der Waals surface area contributed by atoms with Crippen molar-refractivity contribution in [2.45, 2.75) is 56.7 Å². The number of unbranched alkanes of at least 4 members (excludes halogenated alkanes) is 1. The van der Waals surface area contributed by atoms with Crippen LogP contribution in [0.25, 0.3) is 0 Å². The molecule has 0 amide bonds. The molecule has 2 aromatic rings. The molecule has 23 heavy (non-hydrogen) atoms. The molecule has 1 atom stereocenters. The predicted molar refractivity (Wildman–Crippen MR) is 90.5 cm³/mol. The molecule has 122 valence electrons. The van der Waals surface area contributed by atoms with Crippen LogP contribution in [0.3, 0.4) is 0 Å². The third-order valence-electron chi connectivity index (χ3n) is 5.25. The van der Waals surface area contributed by atoms with Crippen LogP contribution in [0.15, 0.2) is 43.0 Å². The summed E-state index contributed by atoms with van der Waals surface area (Å²) in [6, 6.07) is 8.98. The highest BCUT2D eigenvalue weighted by atomic mass is 16.5. The van der Waals surface area contributed by atoms with E-state index in [1.54, 1.807) is 0 Å². The first-order chi connectivity index (χ1) is 11.3. The molecule has 1 aliphatic heterocycles. The molecule has 4 rings (SSSR count). The van der Waals surface area contributed by atoms with Crippen LogP contribution in [-0.4, -0.2) is 21.7 Å². The zero-order valence-corrected chi connectivity index (χ0v) is 13.6. The summed E-state index contributed by atoms with van der Waals surface area (Å²) in [6.45, 7) is 2.11. The van der Waals surface area contributed by atoms with Crippen molar-refractivity contribution in [3.8, 4) is 5.75 Å². The van der Waals surface area contributed by atoms with Gasteiger partial charge < -0.3 is 14.6 Å². The maximum Gasteiger partial charge on any atom is 0.124 e. The smallest absolute Gasteiger partial charge is 0.124 e. The molecule has 2 heterocycles. The average molecular weight is 311 g/mol. The summed E-state index contributed by atoms with van der Waals surface area (Å²) in [5.74, 6) is 1.09. The lowest BCUT2D eigenvalue weighted by molar-refractivity contribution is -0.0368. The molecule has 1 N–H and O–H groups in total. The summed E-state index contributed by atoms with van der Waals surface area (Å²) in [7, 11) is 0. The number of rotatable bonds is 6. The Morgan fingerprint density at radius 3 is 2.96 bits per heavy atom. The Morgan fingerprint density at radius 1 is 1.26 bits per heavy atom. The highest BCUT2D eigenvalue weighted by Crippen LogP contribution is 2.48. The van der Waals surface area contributed by atoms with Crippen LogP contribution < -0.4 is 10.1 Å². The Balaban J connectivity index is 1.32. The van der Waals surface area contributed by atoms with Gasteiger partial charge in [-0.25, -0.2) is 4.98 Å². The zero-order chi connectivity index (χ0) is 15.5. The van der Waals surface area contributed by atoms with Gasteiger partial charge in [0.15, 0.2) is 0 Å². The second-order valence-electron chi connectivity index (χ2n) is 6.89. The largest absolute Gasteiger partial charge is 0.487 e. The standard InChI is InChI=1S/C19H25N3O/c1-2-7-18-16(6-1)17(14-19(23-18)8-5-9-19)21-10-3-4-12-22-13-11-20-15-22/h1-2,6-7,11,13,15,17,21H,3-5,8-10,12,14H2/t17-/m0/s1. The van der Waals surface area contributed by atoms with E-state index >= 15 is 0 Å². The van der Waals surface area contributed by atoms with Gasteiger partial charge in [0.2, 0.25) is 0 Å². The van der Waals surface area contributed by atoms with E-state index in [0.717, 1.165) is 25.3 Å². The fraction of sp³-hybridized carbons (Fsp3) is 0.526. The van der Waals surface area contributed by atoms with Gasteiger partial charge in [0.05, 0.1) is 6.33 Å². The number of para-hydroxylation sites is 1. The van der Waals surface area contributed by atoms with Crippen LogP contribution in [0.5, 0.6) is 5.75 Å². The summed E-state index contributed by atoms with van der Waals surface area (Å²) in [6.07, 6.45) is 13.0. The number of hydrogen-bond donors (Lipinski definition) is 1. The molecule has 4 nitrogen and oxygen atoms in total. The lowest BCUT2D eigenvalue weighted by atomic mass is 9.73. The van der Waals surface area contributed by atoms with Gasteiger partial charge >= 0.3 is 0 Å². The van der Waals surface area contributed by atoms with Crippen molar-refractivity contribution < 1.29 is 4.74 Å². The number of imidazole rings is 1. The number of aryl methyl sites for hydroxylation is 1. The molecular formula is C19H25N3O. The molecule has 0 radical (unpaired) electrons. The first kappa shape index (κ1) is 14.8. The molecule has 0 saturated heterocycles. The van der Waals surface area contributed by atoms with Crippen LogP contribution in [-0.2, 0) is 6.54 Å². The van der Waals surface area contributed by atoms with Gasteiger partial charge in [-0.1, -0.05) is 18.2 Å². The Morgan fingerprint density at radius 2 is 2.17 bits per heavy atom. The minimum atomic E-state index is 0.114. The summed E-state index contributed by atoms with van der Waals surface area (Å²) < 4.78 is 8.46. The Bertz CT molecular complexity index is 634. The zero-order valence-electron chi connectivity index (χ0n) is 13.6. The summed E-state index contributed by atoms with van der Waals surface area (Å²) >= 11 is 0. The van der Waals surface area contributed by atoms with Crippen molar-refractivity contribution >= 4 is 0 Å². The van der Waals surface area contributed by atoms with Gasteiger partial charge in [0.25, 0.3) is 0 Å². The molecule has 1 saturated carbocycles. The van der Waals surface area contributed by atoms with E-state index in [4.69, 9.17) is 4.74 Å². The molecule has 0 bridgehead atoms. The van der Waals surface area contributed by atoms with E-state index in [1.807, 2.05) is 18.7 Å². The van der Waals surface area contributed by atoms with Crippen molar-refractivity contribution in [3.63, 3.8) is 0 Å². The van der Waals surface area contributed by atoms with Gasteiger partial charge in [-0.15, -0.1) is 0 Å². The molecule has 1 aromatic carbocycles. The van der Waals surface area contributed by atoms with E-state index in [9.17, 15) is 0 Å². The molecule has 1 fully saturated rings. The van der Waals surface area contributed by atoms with E-state index in [1.165, 1.54) is 37.7 Å². The molecule has 2 aliphatic rings. The van der Waals surface area contributed by atoms with Crippen molar-refractivity contribution in [2.75, 3.05) is 6.54 Å². The Hall–Kier alpha value is -1.81. The molecular weight excluding hydrogens is 286 g/mol. The van der Waals surface area contributed by atoms with Gasteiger partial charge in [-0.05, 0) is 44.7 Å². The second-order valence-corrected chi connectivity index (χ2v) is 6.89. The summed E-state index contributed by atoms with van der Waals surface area (Å²) in [4.78, 5) is 4.08. The van der Waals surface area contributed by atoms with E-state index < -0.39 is 0 Å². The maximum atomic E-state index is 6.31. The fourth-order valence-electron chi connectivity index (χ4n) is 3.79.